The van der Waals surface area contributed by atoms with Gasteiger partial charge in [0.25, 0.3) is 5.91 Å². The minimum atomic E-state index is -0.0665. The third-order valence-corrected chi connectivity index (χ3v) is 6.04. The summed E-state index contributed by atoms with van der Waals surface area (Å²) >= 11 is 0. The van der Waals surface area contributed by atoms with Crippen molar-refractivity contribution >= 4 is 5.91 Å². The molecule has 6 nitrogen and oxygen atoms in total. The number of piperidine rings is 1. The van der Waals surface area contributed by atoms with E-state index >= 15 is 0 Å². The molecule has 0 spiro atoms. The Labute approximate surface area is 148 Å². The van der Waals surface area contributed by atoms with Crippen LogP contribution in [0.5, 0.6) is 0 Å². The zero-order valence-electron chi connectivity index (χ0n) is 14.7. The molecule has 0 unspecified atom stereocenters. The Morgan fingerprint density at radius 2 is 2.28 bits per heavy atom. The third kappa shape index (κ3) is 3.55. The van der Waals surface area contributed by atoms with E-state index in [-0.39, 0.29) is 17.4 Å². The molecule has 0 N–H and O–H groups in total. The van der Waals surface area contributed by atoms with Crippen molar-refractivity contribution in [3.63, 3.8) is 0 Å². The number of aromatic nitrogens is 2. The third-order valence-electron chi connectivity index (χ3n) is 6.04. The van der Waals surface area contributed by atoms with Crippen LogP contribution in [0.1, 0.15) is 49.0 Å². The predicted octanol–water partition coefficient (Wildman–Crippen LogP) is 2.30. The monoisotopic (exact) mass is 345 g/mol. The van der Waals surface area contributed by atoms with Crippen LogP contribution in [0.4, 0.5) is 0 Å². The lowest BCUT2D eigenvalue weighted by Gasteiger charge is -2.50. The van der Waals surface area contributed by atoms with E-state index < -0.39 is 0 Å². The van der Waals surface area contributed by atoms with Gasteiger partial charge in [0.15, 0.2) is 0 Å². The normalized spacial score (nSPS) is 29.8. The molecule has 4 rings (SSSR count). The Hall–Kier alpha value is -1.53. The highest BCUT2D eigenvalue weighted by Crippen LogP contribution is 2.41. The molecule has 0 radical (unpaired) electrons. The molecule has 0 aromatic carbocycles. The lowest BCUT2D eigenvalue weighted by atomic mass is 9.73. The molecule has 25 heavy (non-hydrogen) atoms. The standard InChI is InChI=1S/C19H27N3O3/c23-18(16-5-8-20-14-21-16)22-9-6-17-19(12-22,7-2-10-25-17)13-24-11-15-3-1-4-15/h5,8,14-15,17H,1-4,6-7,9-13H2/t17-,19+/m1/s1. The molecule has 2 atom stereocenters. The van der Waals surface area contributed by atoms with E-state index in [1.807, 2.05) is 4.90 Å². The van der Waals surface area contributed by atoms with Gasteiger partial charge in [-0.25, -0.2) is 9.97 Å². The number of hydrogen-bond acceptors (Lipinski definition) is 5. The number of fused-ring (bicyclic) bond motifs is 1. The molecule has 2 aliphatic heterocycles. The summed E-state index contributed by atoms with van der Waals surface area (Å²) in [4.78, 5) is 22.8. The molecule has 3 heterocycles. The zero-order chi connectivity index (χ0) is 17.1. The average molecular weight is 345 g/mol. The summed E-state index contributed by atoms with van der Waals surface area (Å²) < 4.78 is 12.2. The van der Waals surface area contributed by atoms with Crippen LogP contribution in [0.15, 0.2) is 18.6 Å². The van der Waals surface area contributed by atoms with Crippen LogP contribution < -0.4 is 0 Å². The molecule has 0 bridgehead atoms. The number of hydrogen-bond donors (Lipinski definition) is 0. The lowest BCUT2D eigenvalue weighted by molar-refractivity contribution is -0.150. The summed E-state index contributed by atoms with van der Waals surface area (Å²) in [6.45, 7) is 3.80. The maximum atomic E-state index is 12.8. The van der Waals surface area contributed by atoms with Crippen molar-refractivity contribution in [2.45, 2.75) is 44.6 Å². The van der Waals surface area contributed by atoms with Crippen LogP contribution in [0.3, 0.4) is 0 Å². The fourth-order valence-electron chi connectivity index (χ4n) is 4.34. The summed E-state index contributed by atoms with van der Waals surface area (Å²) in [5.41, 5.74) is 0.402. The van der Waals surface area contributed by atoms with Crippen molar-refractivity contribution in [1.29, 1.82) is 0 Å². The van der Waals surface area contributed by atoms with Crippen molar-refractivity contribution < 1.29 is 14.3 Å². The number of ether oxygens (including phenoxy) is 2. The molecule has 1 saturated carbocycles. The highest BCUT2D eigenvalue weighted by molar-refractivity contribution is 5.92. The summed E-state index contributed by atoms with van der Waals surface area (Å²) in [6, 6.07) is 1.69. The van der Waals surface area contributed by atoms with E-state index in [0.717, 1.165) is 44.9 Å². The van der Waals surface area contributed by atoms with Crippen molar-refractivity contribution in [3.8, 4) is 0 Å². The van der Waals surface area contributed by atoms with E-state index in [0.29, 0.717) is 18.8 Å². The zero-order valence-corrected chi connectivity index (χ0v) is 14.7. The molecule has 3 fully saturated rings. The van der Waals surface area contributed by atoms with Gasteiger partial charge in [-0.15, -0.1) is 0 Å². The number of carbonyl (C=O) groups is 1. The molecule has 1 aromatic heterocycles. The first-order chi connectivity index (χ1) is 12.3. The van der Waals surface area contributed by atoms with Gasteiger partial charge in [-0.2, -0.15) is 0 Å². The van der Waals surface area contributed by atoms with Gasteiger partial charge in [0, 0.05) is 37.9 Å². The average Bonchev–Trinajstić information content (AvgIpc) is 2.63. The first-order valence-corrected chi connectivity index (χ1v) is 9.51. The largest absolute Gasteiger partial charge is 0.380 e. The number of rotatable bonds is 5. The van der Waals surface area contributed by atoms with Crippen molar-refractivity contribution in [1.82, 2.24) is 14.9 Å². The minimum Gasteiger partial charge on any atom is -0.380 e. The van der Waals surface area contributed by atoms with E-state index in [1.165, 1.54) is 25.6 Å². The fourth-order valence-corrected chi connectivity index (χ4v) is 4.34. The molecular formula is C19H27N3O3. The van der Waals surface area contributed by atoms with Crippen LogP contribution in [0, 0.1) is 11.3 Å². The van der Waals surface area contributed by atoms with Gasteiger partial charge in [0.1, 0.15) is 12.0 Å². The van der Waals surface area contributed by atoms with Gasteiger partial charge >= 0.3 is 0 Å². The first-order valence-electron chi connectivity index (χ1n) is 9.51. The number of likely N-dealkylation sites (tertiary alicyclic amines) is 1. The molecule has 2 saturated heterocycles. The van der Waals surface area contributed by atoms with Gasteiger partial charge < -0.3 is 14.4 Å². The van der Waals surface area contributed by atoms with Gasteiger partial charge in [-0.1, -0.05) is 6.42 Å². The van der Waals surface area contributed by atoms with E-state index in [9.17, 15) is 4.79 Å². The van der Waals surface area contributed by atoms with Crippen molar-refractivity contribution in [2.24, 2.45) is 11.3 Å². The topological polar surface area (TPSA) is 64.6 Å². The number of amides is 1. The molecule has 136 valence electrons. The Kier molecular flexibility index (Phi) is 4.99. The minimum absolute atomic E-state index is 0.00945. The van der Waals surface area contributed by atoms with E-state index in [2.05, 4.69) is 9.97 Å². The Morgan fingerprint density at radius 3 is 3.04 bits per heavy atom. The second-order valence-electron chi connectivity index (χ2n) is 7.75. The smallest absolute Gasteiger partial charge is 0.272 e. The quantitative estimate of drug-likeness (QED) is 0.819. The first kappa shape index (κ1) is 16.9. The lowest BCUT2D eigenvalue weighted by Crippen LogP contribution is -2.58. The van der Waals surface area contributed by atoms with Crippen LogP contribution >= 0.6 is 0 Å². The Balaban J connectivity index is 1.44. The van der Waals surface area contributed by atoms with Crippen LogP contribution in [0.2, 0.25) is 0 Å². The van der Waals surface area contributed by atoms with Gasteiger partial charge in [-0.3, -0.25) is 4.79 Å². The second kappa shape index (κ2) is 7.38. The van der Waals surface area contributed by atoms with Crippen LogP contribution in [-0.4, -0.2) is 59.8 Å². The molecule has 6 heteroatoms. The summed E-state index contributed by atoms with van der Waals surface area (Å²) in [6.07, 6.45) is 10.2. The molecule has 1 aromatic rings. The molecule has 3 aliphatic rings. The van der Waals surface area contributed by atoms with E-state index in [1.54, 1.807) is 12.3 Å². The molecule has 1 amide bonds. The predicted molar refractivity (Wildman–Crippen MR) is 92.1 cm³/mol. The fraction of sp³-hybridized carbons (Fsp3) is 0.737. The molecule has 1 aliphatic carbocycles. The number of nitrogens with zero attached hydrogens (tertiary/aromatic N) is 3. The van der Waals surface area contributed by atoms with Gasteiger partial charge in [0.2, 0.25) is 0 Å². The maximum absolute atomic E-state index is 12.8. The molecular weight excluding hydrogens is 318 g/mol. The maximum Gasteiger partial charge on any atom is 0.272 e. The highest BCUT2D eigenvalue weighted by Gasteiger charge is 2.47. The Morgan fingerprint density at radius 1 is 1.36 bits per heavy atom. The summed E-state index contributed by atoms with van der Waals surface area (Å²) in [7, 11) is 0. The van der Waals surface area contributed by atoms with E-state index in [4.69, 9.17) is 9.47 Å². The Bertz CT molecular complexity index is 593. The summed E-state index contributed by atoms with van der Waals surface area (Å²) in [5, 5.41) is 0. The highest BCUT2D eigenvalue weighted by atomic mass is 16.5. The van der Waals surface area contributed by atoms with Gasteiger partial charge in [0.05, 0.1) is 12.7 Å². The van der Waals surface area contributed by atoms with Crippen molar-refractivity contribution in [3.05, 3.63) is 24.3 Å². The number of carbonyl (C=O) groups excluding carboxylic acids is 1. The van der Waals surface area contributed by atoms with Gasteiger partial charge in [-0.05, 0) is 44.1 Å². The SMILES string of the molecule is O=C(c1ccncn1)N1CC[C@H]2OCCC[C@@]2(COCC2CCC2)C1. The van der Waals surface area contributed by atoms with Crippen molar-refractivity contribution in [2.75, 3.05) is 32.9 Å². The van der Waals surface area contributed by atoms with Crippen LogP contribution in [0.25, 0.3) is 0 Å². The summed E-state index contributed by atoms with van der Waals surface area (Å²) in [5.74, 6) is 0.728. The van der Waals surface area contributed by atoms with Crippen LogP contribution in [-0.2, 0) is 9.47 Å². The second-order valence-corrected chi connectivity index (χ2v) is 7.75.